The van der Waals surface area contributed by atoms with Crippen molar-refractivity contribution in [3.05, 3.63) is 29.8 Å². The van der Waals surface area contributed by atoms with E-state index in [0.29, 0.717) is 18.7 Å². The van der Waals surface area contributed by atoms with Crippen LogP contribution in [0.3, 0.4) is 0 Å². The first-order chi connectivity index (χ1) is 10.1. The quantitative estimate of drug-likeness (QED) is 0.863. The molecule has 1 aromatic rings. The molecule has 1 heterocycles. The molecular weight excluding hydrogens is 270 g/mol. The van der Waals surface area contributed by atoms with E-state index in [0.717, 1.165) is 18.8 Å². The summed E-state index contributed by atoms with van der Waals surface area (Å²) in [6.07, 6.45) is -0.0151. The molecule has 0 amide bonds. The predicted molar refractivity (Wildman–Crippen MR) is 78.2 cm³/mol. The van der Waals surface area contributed by atoms with Crippen LogP contribution in [0.4, 0.5) is 5.69 Å². The smallest absolute Gasteiger partial charge is 0.317 e. The molecule has 1 unspecified atom stereocenters. The highest BCUT2D eigenvalue weighted by Crippen LogP contribution is 2.18. The standard InChI is InChI=1S/C15H19N3O3/c1-17(11-15(19)20)9-14-10-18(6-7-21-14)13-4-2-12(8-16)3-5-13/h2-5,14H,6-7,9-11H2,1H3,(H,19,20). The Morgan fingerprint density at radius 2 is 2.24 bits per heavy atom. The van der Waals surface area contributed by atoms with Gasteiger partial charge in [-0.25, -0.2) is 0 Å². The van der Waals surface area contributed by atoms with Crippen molar-refractivity contribution in [2.45, 2.75) is 6.10 Å². The van der Waals surface area contributed by atoms with E-state index in [1.807, 2.05) is 12.1 Å². The van der Waals surface area contributed by atoms with Crippen molar-refractivity contribution in [3.8, 4) is 6.07 Å². The Morgan fingerprint density at radius 1 is 1.52 bits per heavy atom. The molecular formula is C15H19N3O3. The van der Waals surface area contributed by atoms with Crippen LogP contribution in [0.1, 0.15) is 5.56 Å². The Kier molecular flexibility index (Phi) is 5.14. The average Bonchev–Trinajstić information content (AvgIpc) is 2.46. The second-order valence-corrected chi connectivity index (χ2v) is 5.19. The minimum absolute atomic E-state index is 0.0106. The van der Waals surface area contributed by atoms with Crippen LogP contribution in [0.5, 0.6) is 0 Å². The monoisotopic (exact) mass is 289 g/mol. The zero-order chi connectivity index (χ0) is 15.2. The first-order valence-corrected chi connectivity index (χ1v) is 6.85. The summed E-state index contributed by atoms with van der Waals surface area (Å²) in [6.45, 7) is 2.72. The van der Waals surface area contributed by atoms with Crippen LogP contribution < -0.4 is 4.90 Å². The average molecular weight is 289 g/mol. The molecule has 0 spiro atoms. The van der Waals surface area contributed by atoms with Gasteiger partial charge in [0.05, 0.1) is 30.9 Å². The Labute approximate surface area is 124 Å². The normalized spacial score (nSPS) is 18.5. The van der Waals surface area contributed by atoms with Crippen molar-refractivity contribution < 1.29 is 14.6 Å². The van der Waals surface area contributed by atoms with Gasteiger partial charge in [-0.2, -0.15) is 5.26 Å². The molecule has 1 saturated heterocycles. The first-order valence-electron chi connectivity index (χ1n) is 6.85. The van der Waals surface area contributed by atoms with Gasteiger partial charge >= 0.3 is 5.97 Å². The van der Waals surface area contributed by atoms with Crippen LogP contribution >= 0.6 is 0 Å². The lowest BCUT2D eigenvalue weighted by Gasteiger charge is -2.36. The molecule has 0 aliphatic carbocycles. The number of nitrogens with zero attached hydrogens (tertiary/aromatic N) is 3. The molecule has 0 radical (unpaired) electrons. The van der Waals surface area contributed by atoms with Gasteiger partial charge < -0.3 is 14.7 Å². The zero-order valence-electron chi connectivity index (χ0n) is 12.0. The summed E-state index contributed by atoms with van der Waals surface area (Å²) in [4.78, 5) is 14.6. The van der Waals surface area contributed by atoms with E-state index in [9.17, 15) is 4.79 Å². The maximum absolute atomic E-state index is 10.7. The number of rotatable bonds is 5. The van der Waals surface area contributed by atoms with Crippen LogP contribution in [-0.4, -0.2) is 61.9 Å². The van der Waals surface area contributed by atoms with Crippen LogP contribution in [0.15, 0.2) is 24.3 Å². The third kappa shape index (κ3) is 4.45. The number of hydrogen-bond donors (Lipinski definition) is 1. The minimum atomic E-state index is -0.836. The molecule has 6 nitrogen and oxygen atoms in total. The molecule has 1 N–H and O–H groups in total. The van der Waals surface area contributed by atoms with Crippen molar-refractivity contribution in [2.75, 3.05) is 44.7 Å². The largest absolute Gasteiger partial charge is 0.480 e. The van der Waals surface area contributed by atoms with Gasteiger partial charge in [-0.15, -0.1) is 0 Å². The molecule has 1 aromatic carbocycles. The van der Waals surface area contributed by atoms with E-state index in [1.54, 1.807) is 24.1 Å². The molecule has 1 atom stereocenters. The van der Waals surface area contributed by atoms with E-state index in [-0.39, 0.29) is 12.6 Å². The molecule has 1 aliphatic heterocycles. The number of anilines is 1. The lowest BCUT2D eigenvalue weighted by Crippen LogP contribution is -2.47. The number of ether oxygens (including phenoxy) is 1. The molecule has 2 rings (SSSR count). The minimum Gasteiger partial charge on any atom is -0.480 e. The summed E-state index contributed by atoms with van der Waals surface area (Å²) in [5.74, 6) is -0.836. The molecule has 21 heavy (non-hydrogen) atoms. The number of aliphatic carboxylic acids is 1. The maximum Gasteiger partial charge on any atom is 0.317 e. The van der Waals surface area contributed by atoms with Crippen molar-refractivity contribution in [2.24, 2.45) is 0 Å². The van der Waals surface area contributed by atoms with Gasteiger partial charge in [0, 0.05) is 25.3 Å². The van der Waals surface area contributed by atoms with Crippen molar-refractivity contribution in [3.63, 3.8) is 0 Å². The highest BCUT2D eigenvalue weighted by molar-refractivity contribution is 5.69. The molecule has 112 valence electrons. The molecule has 0 saturated carbocycles. The Hall–Kier alpha value is -2.10. The fraction of sp³-hybridized carbons (Fsp3) is 0.467. The first kappa shape index (κ1) is 15.3. The summed E-state index contributed by atoms with van der Waals surface area (Å²) in [5.41, 5.74) is 1.70. The third-order valence-electron chi connectivity index (χ3n) is 3.42. The number of hydrogen-bond acceptors (Lipinski definition) is 5. The van der Waals surface area contributed by atoms with E-state index in [1.165, 1.54) is 0 Å². The number of carboxylic acids is 1. The van der Waals surface area contributed by atoms with E-state index in [4.69, 9.17) is 15.1 Å². The number of nitriles is 1. The molecule has 0 aromatic heterocycles. The van der Waals surface area contributed by atoms with Gasteiger partial charge in [0.1, 0.15) is 0 Å². The third-order valence-corrected chi connectivity index (χ3v) is 3.42. The van der Waals surface area contributed by atoms with Crippen LogP contribution in [0.25, 0.3) is 0 Å². The zero-order valence-corrected chi connectivity index (χ0v) is 12.0. The Morgan fingerprint density at radius 3 is 2.86 bits per heavy atom. The summed E-state index contributed by atoms with van der Waals surface area (Å²) >= 11 is 0. The number of carbonyl (C=O) groups is 1. The number of likely N-dealkylation sites (N-methyl/N-ethyl adjacent to an activating group) is 1. The predicted octanol–water partition coefficient (Wildman–Crippen LogP) is 0.780. The van der Waals surface area contributed by atoms with Gasteiger partial charge in [0.25, 0.3) is 0 Å². The number of carboxylic acid groups (broad SMARTS) is 1. The lowest BCUT2D eigenvalue weighted by molar-refractivity contribution is -0.138. The molecule has 1 fully saturated rings. The van der Waals surface area contributed by atoms with Crippen LogP contribution in [0, 0.1) is 11.3 Å². The summed E-state index contributed by atoms with van der Waals surface area (Å²) in [6, 6.07) is 9.57. The topological polar surface area (TPSA) is 76.8 Å². The lowest BCUT2D eigenvalue weighted by atomic mass is 10.2. The van der Waals surface area contributed by atoms with Crippen molar-refractivity contribution >= 4 is 11.7 Å². The fourth-order valence-corrected chi connectivity index (χ4v) is 2.45. The van der Waals surface area contributed by atoms with Gasteiger partial charge in [-0.05, 0) is 31.3 Å². The van der Waals surface area contributed by atoms with Gasteiger partial charge in [0.15, 0.2) is 0 Å². The maximum atomic E-state index is 10.7. The number of morpholine rings is 1. The summed E-state index contributed by atoms with van der Waals surface area (Å²) < 4.78 is 5.70. The molecule has 1 aliphatic rings. The second-order valence-electron chi connectivity index (χ2n) is 5.19. The highest BCUT2D eigenvalue weighted by Gasteiger charge is 2.22. The van der Waals surface area contributed by atoms with Crippen LogP contribution in [0.2, 0.25) is 0 Å². The Balaban J connectivity index is 1.93. The summed E-state index contributed by atoms with van der Waals surface area (Å²) in [5, 5.41) is 17.6. The Bertz CT molecular complexity index is 524. The van der Waals surface area contributed by atoms with Crippen LogP contribution in [-0.2, 0) is 9.53 Å². The highest BCUT2D eigenvalue weighted by atomic mass is 16.5. The second kappa shape index (κ2) is 7.07. The van der Waals surface area contributed by atoms with E-state index in [2.05, 4.69) is 11.0 Å². The SMILES string of the molecule is CN(CC(=O)O)CC1CN(c2ccc(C#N)cc2)CCO1. The molecule has 0 bridgehead atoms. The fourth-order valence-electron chi connectivity index (χ4n) is 2.45. The van der Waals surface area contributed by atoms with Gasteiger partial charge in [0.2, 0.25) is 0 Å². The molecule has 6 heteroatoms. The number of benzene rings is 1. The van der Waals surface area contributed by atoms with E-state index < -0.39 is 5.97 Å². The van der Waals surface area contributed by atoms with Crippen molar-refractivity contribution in [1.82, 2.24) is 4.90 Å². The van der Waals surface area contributed by atoms with Gasteiger partial charge in [-0.1, -0.05) is 0 Å². The summed E-state index contributed by atoms with van der Waals surface area (Å²) in [7, 11) is 1.78. The van der Waals surface area contributed by atoms with Gasteiger partial charge in [-0.3, -0.25) is 9.69 Å². The van der Waals surface area contributed by atoms with Crippen molar-refractivity contribution in [1.29, 1.82) is 5.26 Å². The van der Waals surface area contributed by atoms with E-state index >= 15 is 0 Å².